The molecular weight excluding hydrogens is 456 g/mol. The Hall–Kier alpha value is -4.37. The van der Waals surface area contributed by atoms with Gasteiger partial charge in [0.1, 0.15) is 23.9 Å². The van der Waals surface area contributed by atoms with Crippen LogP contribution >= 0.6 is 0 Å². The van der Waals surface area contributed by atoms with Crippen LogP contribution in [0.1, 0.15) is 33.9 Å². The largest absolute Gasteiger partial charge is 0.497 e. The maximum absolute atomic E-state index is 14.1. The lowest BCUT2D eigenvalue weighted by Gasteiger charge is -2.20. The van der Waals surface area contributed by atoms with Crippen LogP contribution in [0.2, 0.25) is 0 Å². The van der Waals surface area contributed by atoms with Crippen LogP contribution in [-0.2, 0) is 6.42 Å². The Morgan fingerprint density at radius 2 is 1.94 bits per heavy atom. The number of nitrogens with one attached hydrogen (secondary N) is 2. The fourth-order valence-electron chi connectivity index (χ4n) is 4.45. The fourth-order valence-corrected chi connectivity index (χ4v) is 4.45. The predicted octanol–water partition coefficient (Wildman–Crippen LogP) is 4.16. The van der Waals surface area contributed by atoms with E-state index in [-0.39, 0.29) is 5.78 Å². The zero-order valence-corrected chi connectivity index (χ0v) is 20.2. The molecule has 0 bridgehead atoms. The number of benzene rings is 2. The second-order valence-electron chi connectivity index (χ2n) is 8.50. The molecule has 0 saturated carbocycles. The van der Waals surface area contributed by atoms with Crippen LogP contribution in [-0.4, -0.2) is 46.1 Å². The number of hydrogen-bond donors (Lipinski definition) is 3. The average Bonchev–Trinajstić information content (AvgIpc) is 3.57. The number of aromatic amines is 1. The number of pyridine rings is 1. The zero-order valence-electron chi connectivity index (χ0n) is 20.2. The molecule has 184 valence electrons. The number of ether oxygens (including phenoxy) is 2. The summed E-state index contributed by atoms with van der Waals surface area (Å²) in [7, 11) is 3.18. The van der Waals surface area contributed by atoms with Crippen LogP contribution < -0.4 is 20.5 Å². The highest BCUT2D eigenvalue weighted by Gasteiger charge is 2.26. The quantitative estimate of drug-likeness (QED) is 0.255. The van der Waals surface area contributed by atoms with Crippen molar-refractivity contribution in [2.45, 2.75) is 18.9 Å². The number of ketones is 1. The topological polar surface area (TPSA) is 120 Å². The van der Waals surface area contributed by atoms with Crippen molar-refractivity contribution in [1.82, 2.24) is 19.6 Å². The first-order valence-electron chi connectivity index (χ1n) is 11.7. The molecule has 0 amide bonds. The van der Waals surface area contributed by atoms with E-state index in [1.807, 2.05) is 36.4 Å². The lowest BCUT2D eigenvalue weighted by Crippen LogP contribution is -2.21. The highest BCUT2D eigenvalue weighted by Crippen LogP contribution is 2.32. The average molecular weight is 485 g/mol. The van der Waals surface area contributed by atoms with Crippen molar-refractivity contribution in [2.24, 2.45) is 5.73 Å². The number of aromatic nitrogens is 4. The zero-order chi connectivity index (χ0) is 25.1. The second kappa shape index (κ2) is 10.1. The van der Waals surface area contributed by atoms with Crippen LogP contribution in [0, 0.1) is 0 Å². The molecule has 1 atom stereocenters. The number of methoxy groups -OCH3 is 2. The monoisotopic (exact) mass is 484 g/mol. The van der Waals surface area contributed by atoms with E-state index < -0.39 is 6.04 Å². The summed E-state index contributed by atoms with van der Waals surface area (Å²) in [5.41, 5.74) is 10.5. The minimum atomic E-state index is -0.699. The number of aryl methyl sites for hydroxylation is 1. The molecule has 0 radical (unpaired) electrons. The van der Waals surface area contributed by atoms with E-state index in [0.29, 0.717) is 34.9 Å². The third kappa shape index (κ3) is 4.48. The van der Waals surface area contributed by atoms with E-state index in [0.717, 1.165) is 34.9 Å². The van der Waals surface area contributed by atoms with Gasteiger partial charge in [-0.3, -0.25) is 4.79 Å². The van der Waals surface area contributed by atoms with Gasteiger partial charge in [0.15, 0.2) is 11.4 Å². The molecule has 0 aliphatic carbocycles. The fraction of sp³-hybridized carbons (Fsp3) is 0.222. The molecule has 2 aromatic carbocycles. The number of anilines is 1. The third-order valence-electron chi connectivity index (χ3n) is 6.28. The van der Waals surface area contributed by atoms with Gasteiger partial charge in [0.25, 0.3) is 0 Å². The van der Waals surface area contributed by atoms with Crippen molar-refractivity contribution in [3.8, 4) is 11.5 Å². The molecule has 0 saturated heterocycles. The smallest absolute Gasteiger partial charge is 0.191 e. The summed E-state index contributed by atoms with van der Waals surface area (Å²) in [5.74, 6) is 1.16. The standard InChI is InChI=1S/C27H28N6O3/c1-35-20-12-19(13-21(14-20)36-2)32-26(18-8-10-33-24(11-18)30-16-31-33)27(34)23-15-29-25-17(6-4-9-28)5-3-7-22(23)25/h3,5,7-8,10-16,26,29,32H,4,6,9,28H2,1-2H3. The van der Waals surface area contributed by atoms with E-state index in [1.54, 1.807) is 37.2 Å². The number of nitrogens with two attached hydrogens (primary N) is 1. The molecule has 0 fully saturated rings. The highest BCUT2D eigenvalue weighted by molar-refractivity contribution is 6.12. The second-order valence-corrected chi connectivity index (χ2v) is 8.50. The maximum Gasteiger partial charge on any atom is 0.191 e. The summed E-state index contributed by atoms with van der Waals surface area (Å²) in [4.78, 5) is 21.7. The van der Waals surface area contributed by atoms with Crippen LogP contribution in [0.4, 0.5) is 5.69 Å². The van der Waals surface area contributed by atoms with Gasteiger partial charge in [-0.05, 0) is 42.6 Å². The normalized spacial score (nSPS) is 12.1. The van der Waals surface area contributed by atoms with Gasteiger partial charge in [0.05, 0.1) is 14.2 Å². The number of nitrogens with zero attached hydrogens (tertiary/aromatic N) is 3. The van der Waals surface area contributed by atoms with Crippen molar-refractivity contribution < 1.29 is 14.3 Å². The van der Waals surface area contributed by atoms with Crippen molar-refractivity contribution in [2.75, 3.05) is 26.1 Å². The van der Waals surface area contributed by atoms with Crippen molar-refractivity contribution >= 4 is 28.0 Å². The first-order valence-corrected chi connectivity index (χ1v) is 11.7. The van der Waals surface area contributed by atoms with Gasteiger partial charge >= 0.3 is 0 Å². The molecule has 36 heavy (non-hydrogen) atoms. The summed E-state index contributed by atoms with van der Waals surface area (Å²) in [6.07, 6.45) is 6.79. The SMILES string of the molecule is COc1cc(NC(C(=O)c2c[nH]c3c(CCCN)cccc23)c2ccn3ncnc3c2)cc(OC)c1. The number of Topliss-reactive ketones (excluding diaryl/α,β-unsaturated/α-hetero) is 1. The summed E-state index contributed by atoms with van der Waals surface area (Å²) in [6.45, 7) is 0.615. The third-order valence-corrected chi connectivity index (χ3v) is 6.28. The molecule has 0 aliphatic heterocycles. The molecule has 9 nitrogen and oxygen atoms in total. The predicted molar refractivity (Wildman–Crippen MR) is 139 cm³/mol. The van der Waals surface area contributed by atoms with Crippen molar-refractivity contribution in [1.29, 1.82) is 0 Å². The molecule has 1 unspecified atom stereocenters. The minimum Gasteiger partial charge on any atom is -0.497 e. The van der Waals surface area contributed by atoms with Crippen LogP contribution in [0.3, 0.4) is 0 Å². The number of H-pyrrole nitrogens is 1. The summed E-state index contributed by atoms with van der Waals surface area (Å²) >= 11 is 0. The van der Waals surface area contributed by atoms with Gasteiger partial charge in [0.2, 0.25) is 0 Å². The molecular formula is C27H28N6O3. The Kier molecular flexibility index (Phi) is 6.55. The number of fused-ring (bicyclic) bond motifs is 2. The molecule has 0 spiro atoms. The number of rotatable bonds is 10. The Morgan fingerprint density at radius 1 is 1.14 bits per heavy atom. The van der Waals surface area contributed by atoms with Gasteiger partial charge in [-0.2, -0.15) is 5.10 Å². The Morgan fingerprint density at radius 3 is 2.69 bits per heavy atom. The molecule has 3 aromatic heterocycles. The molecule has 5 aromatic rings. The lowest BCUT2D eigenvalue weighted by molar-refractivity contribution is 0.0971. The van der Waals surface area contributed by atoms with Gasteiger partial charge in [-0.15, -0.1) is 0 Å². The van der Waals surface area contributed by atoms with Crippen LogP contribution in [0.15, 0.2) is 67.3 Å². The molecule has 9 heteroatoms. The first kappa shape index (κ1) is 23.4. The summed E-state index contributed by atoms with van der Waals surface area (Å²) in [5, 5.41) is 8.46. The van der Waals surface area contributed by atoms with Gasteiger partial charge < -0.3 is 25.5 Å². The Balaban J connectivity index is 1.59. The number of carbonyl (C=O) groups excluding carboxylic acids is 1. The molecule has 4 N–H and O–H groups in total. The molecule has 0 aliphatic rings. The van der Waals surface area contributed by atoms with E-state index in [2.05, 4.69) is 26.4 Å². The van der Waals surface area contributed by atoms with Crippen LogP contribution in [0.25, 0.3) is 16.6 Å². The molecule has 3 heterocycles. The van der Waals surface area contributed by atoms with E-state index >= 15 is 0 Å². The summed E-state index contributed by atoms with van der Waals surface area (Å²) in [6, 6.07) is 14.5. The highest BCUT2D eigenvalue weighted by atomic mass is 16.5. The van der Waals surface area contributed by atoms with E-state index in [1.165, 1.54) is 6.33 Å². The minimum absolute atomic E-state index is 0.0807. The number of carbonyl (C=O) groups is 1. The first-order chi connectivity index (χ1) is 17.6. The number of para-hydroxylation sites is 1. The van der Waals surface area contributed by atoms with Crippen molar-refractivity contribution in [3.63, 3.8) is 0 Å². The number of hydrogen-bond acceptors (Lipinski definition) is 7. The van der Waals surface area contributed by atoms with Crippen LogP contribution in [0.5, 0.6) is 11.5 Å². The van der Waals surface area contributed by atoms with Gasteiger partial charge in [-0.1, -0.05) is 18.2 Å². The Bertz CT molecular complexity index is 1500. The van der Waals surface area contributed by atoms with Gasteiger partial charge in [-0.25, -0.2) is 9.50 Å². The van der Waals surface area contributed by atoms with Gasteiger partial charge in [0, 0.05) is 52.7 Å². The Labute approximate surface area is 208 Å². The summed E-state index contributed by atoms with van der Waals surface area (Å²) < 4.78 is 12.5. The van der Waals surface area contributed by atoms with Crippen molar-refractivity contribution in [3.05, 3.63) is 83.9 Å². The van der Waals surface area contributed by atoms with E-state index in [9.17, 15) is 4.79 Å². The maximum atomic E-state index is 14.1. The van der Waals surface area contributed by atoms with E-state index in [4.69, 9.17) is 15.2 Å². The lowest BCUT2D eigenvalue weighted by atomic mass is 9.96. The molecule has 5 rings (SSSR count).